The van der Waals surface area contributed by atoms with Crippen molar-refractivity contribution in [1.29, 1.82) is 0 Å². The normalized spacial score (nSPS) is 14.0. The highest BCUT2D eigenvalue weighted by Gasteiger charge is 2.18. The molecule has 0 spiro atoms. The van der Waals surface area contributed by atoms with Gasteiger partial charge in [-0.3, -0.25) is 0 Å². The maximum atomic E-state index is 5.41. The van der Waals surface area contributed by atoms with Crippen molar-refractivity contribution in [3.8, 4) is 0 Å². The van der Waals surface area contributed by atoms with Gasteiger partial charge in [0.2, 0.25) is 0 Å². The number of nitrogens with two attached hydrogens (primary N) is 1. The van der Waals surface area contributed by atoms with Crippen molar-refractivity contribution in [3.05, 3.63) is 41.8 Å². The van der Waals surface area contributed by atoms with Crippen LogP contribution in [-0.4, -0.2) is 21.0 Å². The van der Waals surface area contributed by atoms with E-state index >= 15 is 0 Å². The molecule has 114 valence electrons. The number of fused-ring (bicyclic) bond motifs is 1. The lowest BCUT2D eigenvalue weighted by Gasteiger charge is -2.25. The average molecular weight is 334 g/mol. The quantitative estimate of drug-likeness (QED) is 0.742. The molecule has 0 unspecified atom stereocenters. The average Bonchev–Trinajstić information content (AvgIpc) is 2.89. The predicted molar refractivity (Wildman–Crippen MR) is 92.3 cm³/mol. The summed E-state index contributed by atoms with van der Waals surface area (Å²) in [6.07, 6.45) is 6.94. The summed E-state index contributed by atoms with van der Waals surface area (Å²) in [7, 11) is 0. The maximum absolute atomic E-state index is 5.41. The van der Waals surface area contributed by atoms with E-state index in [4.69, 9.17) is 17.3 Å². The minimum Gasteiger partial charge on any atom is -0.381 e. The first kappa shape index (κ1) is 15.0. The molecule has 2 heterocycles. The highest BCUT2D eigenvalue weighted by atomic mass is 35.5. The number of thiazole rings is 1. The van der Waals surface area contributed by atoms with Gasteiger partial charge >= 0.3 is 0 Å². The zero-order chi connectivity index (χ0) is 15.4. The second-order valence-electron chi connectivity index (χ2n) is 4.99. The minimum absolute atomic E-state index is 0.257. The molecule has 1 aromatic carbocycles. The van der Waals surface area contributed by atoms with Crippen molar-refractivity contribution in [2.45, 2.75) is 25.3 Å². The number of halogens is 1. The monoisotopic (exact) mass is 333 g/mol. The fourth-order valence-electron chi connectivity index (χ4n) is 1.99. The number of benzene rings is 1. The van der Waals surface area contributed by atoms with Crippen molar-refractivity contribution >= 4 is 44.1 Å². The van der Waals surface area contributed by atoms with Gasteiger partial charge in [-0.05, 0) is 31.4 Å². The molecule has 5 nitrogen and oxygen atoms in total. The lowest BCUT2D eigenvalue weighted by atomic mass is 9.93. The number of hydrogen-bond donors (Lipinski definition) is 2. The van der Waals surface area contributed by atoms with Gasteiger partial charge in [-0.2, -0.15) is 0 Å². The Balaban J connectivity index is 0.000000154. The highest BCUT2D eigenvalue weighted by molar-refractivity contribution is 7.22. The van der Waals surface area contributed by atoms with Gasteiger partial charge in [-0.1, -0.05) is 35.1 Å². The molecule has 2 aromatic heterocycles. The second kappa shape index (κ2) is 6.89. The van der Waals surface area contributed by atoms with Gasteiger partial charge in [-0.25, -0.2) is 15.0 Å². The van der Waals surface area contributed by atoms with E-state index < -0.39 is 0 Å². The lowest BCUT2D eigenvalue weighted by molar-refractivity contribution is 0.445. The van der Waals surface area contributed by atoms with E-state index in [1.165, 1.54) is 36.4 Å². The molecule has 1 saturated carbocycles. The number of hydrogen-bond acceptors (Lipinski definition) is 6. The van der Waals surface area contributed by atoms with Crippen molar-refractivity contribution in [2.75, 3.05) is 11.1 Å². The molecule has 3 N–H and O–H groups in total. The van der Waals surface area contributed by atoms with E-state index in [-0.39, 0.29) is 11.0 Å². The summed E-state index contributed by atoms with van der Waals surface area (Å²) >= 11 is 7.16. The molecule has 0 amide bonds. The van der Waals surface area contributed by atoms with E-state index in [2.05, 4.69) is 38.5 Å². The molecule has 0 bridgehead atoms. The Morgan fingerprint density at radius 1 is 1.18 bits per heavy atom. The summed E-state index contributed by atoms with van der Waals surface area (Å²) < 4.78 is 1.27. The van der Waals surface area contributed by atoms with Crippen LogP contribution in [0.2, 0.25) is 5.15 Å². The molecule has 7 heteroatoms. The SMILES string of the molecule is Nc1nccnc1Cl.c1ccc2sc(NC3CCC3)nc2c1. The summed E-state index contributed by atoms with van der Waals surface area (Å²) in [6, 6.07) is 8.97. The van der Waals surface area contributed by atoms with Crippen LogP contribution in [0, 0.1) is 0 Å². The Hall–Kier alpha value is -1.92. The molecule has 1 aliphatic carbocycles. The maximum Gasteiger partial charge on any atom is 0.184 e. The van der Waals surface area contributed by atoms with Crippen LogP contribution < -0.4 is 11.1 Å². The summed E-state index contributed by atoms with van der Waals surface area (Å²) in [4.78, 5) is 11.9. The summed E-state index contributed by atoms with van der Waals surface area (Å²) in [5.41, 5.74) is 6.32. The zero-order valence-electron chi connectivity index (χ0n) is 11.9. The Morgan fingerprint density at radius 2 is 1.95 bits per heavy atom. The van der Waals surface area contributed by atoms with E-state index in [1.54, 1.807) is 11.3 Å². The summed E-state index contributed by atoms with van der Waals surface area (Å²) in [5.74, 6) is 0.272. The number of nitrogens with zero attached hydrogens (tertiary/aromatic N) is 3. The van der Waals surface area contributed by atoms with E-state index in [1.807, 2.05) is 6.07 Å². The molecular formula is C15H16ClN5S. The number of nitrogen functional groups attached to an aromatic ring is 1. The first-order valence-electron chi connectivity index (χ1n) is 7.06. The fraction of sp³-hybridized carbons (Fsp3) is 0.267. The van der Waals surface area contributed by atoms with Crippen molar-refractivity contribution < 1.29 is 0 Å². The molecule has 0 aliphatic heterocycles. The third kappa shape index (κ3) is 3.64. The first-order valence-corrected chi connectivity index (χ1v) is 8.26. The van der Waals surface area contributed by atoms with Gasteiger partial charge in [0.15, 0.2) is 16.1 Å². The summed E-state index contributed by atoms with van der Waals surface area (Å²) in [6.45, 7) is 0. The van der Waals surface area contributed by atoms with Crippen LogP contribution in [0.4, 0.5) is 10.9 Å². The Morgan fingerprint density at radius 3 is 2.55 bits per heavy atom. The number of rotatable bonds is 2. The van der Waals surface area contributed by atoms with Crippen LogP contribution in [0.1, 0.15) is 19.3 Å². The molecule has 22 heavy (non-hydrogen) atoms. The largest absolute Gasteiger partial charge is 0.381 e. The number of aromatic nitrogens is 3. The number of anilines is 2. The van der Waals surface area contributed by atoms with Crippen molar-refractivity contribution in [1.82, 2.24) is 15.0 Å². The van der Waals surface area contributed by atoms with Crippen LogP contribution in [0.15, 0.2) is 36.7 Å². The van der Waals surface area contributed by atoms with Crippen LogP contribution in [0.5, 0.6) is 0 Å². The Labute approximate surface area is 137 Å². The van der Waals surface area contributed by atoms with Crippen LogP contribution in [0.25, 0.3) is 10.2 Å². The number of para-hydroxylation sites is 1. The molecule has 3 aromatic rings. The van der Waals surface area contributed by atoms with E-state index in [0.717, 1.165) is 10.6 Å². The molecule has 1 fully saturated rings. The second-order valence-corrected chi connectivity index (χ2v) is 6.38. The minimum atomic E-state index is 0.257. The van der Waals surface area contributed by atoms with Crippen LogP contribution >= 0.6 is 22.9 Å². The first-order chi connectivity index (χ1) is 10.7. The predicted octanol–water partition coefficient (Wildman–Crippen LogP) is 3.97. The van der Waals surface area contributed by atoms with Crippen molar-refractivity contribution in [2.24, 2.45) is 0 Å². The van der Waals surface area contributed by atoms with Gasteiger partial charge < -0.3 is 11.1 Å². The zero-order valence-corrected chi connectivity index (χ0v) is 13.4. The summed E-state index contributed by atoms with van der Waals surface area (Å²) in [5, 5.41) is 4.81. The third-order valence-electron chi connectivity index (χ3n) is 3.41. The van der Waals surface area contributed by atoms with Gasteiger partial charge in [0, 0.05) is 18.4 Å². The molecule has 0 saturated heterocycles. The molecule has 1 aliphatic rings. The van der Waals surface area contributed by atoms with Gasteiger partial charge in [0.05, 0.1) is 10.2 Å². The van der Waals surface area contributed by atoms with Crippen LogP contribution in [-0.2, 0) is 0 Å². The lowest BCUT2D eigenvalue weighted by Crippen LogP contribution is -2.26. The van der Waals surface area contributed by atoms with E-state index in [9.17, 15) is 0 Å². The molecule has 0 radical (unpaired) electrons. The number of nitrogens with one attached hydrogen (secondary N) is 1. The highest BCUT2D eigenvalue weighted by Crippen LogP contribution is 2.29. The standard InChI is InChI=1S/C11H12N2S.C4H4ClN3/c1-2-7-10-9(6-1)13-11(14-10)12-8-4-3-5-8;5-3-4(6)8-2-1-7-3/h1-2,6-8H,3-5H2,(H,12,13);1-2H,(H2,6,8). The third-order valence-corrected chi connectivity index (χ3v) is 4.67. The van der Waals surface area contributed by atoms with Gasteiger partial charge in [-0.15, -0.1) is 0 Å². The fourth-order valence-corrected chi connectivity index (χ4v) is 3.04. The van der Waals surface area contributed by atoms with Gasteiger partial charge in [0.25, 0.3) is 0 Å². The molecule has 4 rings (SSSR count). The topological polar surface area (TPSA) is 76.7 Å². The Kier molecular flexibility index (Phi) is 4.70. The smallest absolute Gasteiger partial charge is 0.184 e. The van der Waals surface area contributed by atoms with Crippen molar-refractivity contribution in [3.63, 3.8) is 0 Å². The molecule has 0 atom stereocenters. The Bertz CT molecular complexity index is 702. The van der Waals surface area contributed by atoms with Gasteiger partial charge in [0.1, 0.15) is 0 Å². The van der Waals surface area contributed by atoms with E-state index in [0.29, 0.717) is 6.04 Å². The molecular weight excluding hydrogens is 318 g/mol. The van der Waals surface area contributed by atoms with Crippen LogP contribution in [0.3, 0.4) is 0 Å².